The molecule has 4 nitrogen and oxygen atoms in total. The molecule has 0 atom stereocenters. The van der Waals surface area contributed by atoms with Crippen LogP contribution in [0.25, 0.3) is 11.1 Å². The van der Waals surface area contributed by atoms with E-state index >= 15 is 0 Å². The number of hydrogen-bond donors (Lipinski definition) is 1. The molecule has 0 unspecified atom stereocenters. The Kier molecular flexibility index (Phi) is 4.62. The number of rotatable bonds is 4. The lowest BCUT2D eigenvalue weighted by Gasteiger charge is -2.14. The third kappa shape index (κ3) is 3.66. The van der Waals surface area contributed by atoms with Crippen LogP contribution in [-0.2, 0) is 6.18 Å². The van der Waals surface area contributed by atoms with Crippen molar-refractivity contribution in [3.8, 4) is 11.1 Å². The monoisotopic (exact) mass is 358 g/mol. The molecule has 0 radical (unpaired) electrons. The number of para-hydroxylation sites is 2. The first-order valence-electron chi connectivity index (χ1n) is 7.63. The van der Waals surface area contributed by atoms with Gasteiger partial charge in [-0.25, -0.2) is 0 Å². The topological polar surface area (TPSA) is 55.2 Å². The van der Waals surface area contributed by atoms with Gasteiger partial charge in [0.05, 0.1) is 4.92 Å². The van der Waals surface area contributed by atoms with Crippen molar-refractivity contribution in [1.82, 2.24) is 0 Å². The molecule has 3 aromatic rings. The smallest absolute Gasteiger partial charge is 0.355 e. The second kappa shape index (κ2) is 6.87. The number of hydrogen-bond acceptors (Lipinski definition) is 3. The lowest BCUT2D eigenvalue weighted by Crippen LogP contribution is -2.09. The van der Waals surface area contributed by atoms with Gasteiger partial charge in [-0.1, -0.05) is 36.4 Å². The van der Waals surface area contributed by atoms with Crippen LogP contribution < -0.4 is 5.32 Å². The highest BCUT2D eigenvalue weighted by Crippen LogP contribution is 2.40. The SMILES string of the molecule is O=[N+]([O-])c1ccc(-c2ccccc2Nc2ccccc2)cc1C(F)(F)F. The predicted molar refractivity (Wildman–Crippen MR) is 93.3 cm³/mol. The Labute approximate surface area is 147 Å². The highest BCUT2D eigenvalue weighted by atomic mass is 19.4. The average Bonchev–Trinajstić information content (AvgIpc) is 2.62. The van der Waals surface area contributed by atoms with Gasteiger partial charge in [-0.15, -0.1) is 0 Å². The molecule has 1 N–H and O–H groups in total. The zero-order chi connectivity index (χ0) is 18.7. The van der Waals surface area contributed by atoms with Crippen LogP contribution in [0.3, 0.4) is 0 Å². The molecule has 26 heavy (non-hydrogen) atoms. The molecule has 0 spiro atoms. The van der Waals surface area contributed by atoms with E-state index < -0.39 is 22.4 Å². The van der Waals surface area contributed by atoms with Gasteiger partial charge < -0.3 is 5.32 Å². The fourth-order valence-corrected chi connectivity index (χ4v) is 2.61. The number of anilines is 2. The molecule has 0 amide bonds. The normalized spacial score (nSPS) is 11.2. The van der Waals surface area contributed by atoms with Crippen molar-refractivity contribution in [2.24, 2.45) is 0 Å². The summed E-state index contributed by atoms with van der Waals surface area (Å²) in [4.78, 5) is 9.89. The van der Waals surface area contributed by atoms with E-state index in [2.05, 4.69) is 5.32 Å². The minimum atomic E-state index is -4.82. The van der Waals surface area contributed by atoms with Gasteiger partial charge >= 0.3 is 6.18 Å². The molecule has 0 saturated carbocycles. The molecule has 0 aliphatic heterocycles. The van der Waals surface area contributed by atoms with Gasteiger partial charge in [0.15, 0.2) is 0 Å². The Balaban J connectivity index is 2.09. The maximum Gasteiger partial charge on any atom is 0.423 e. The van der Waals surface area contributed by atoms with Crippen LogP contribution in [0.15, 0.2) is 72.8 Å². The van der Waals surface area contributed by atoms with Crippen LogP contribution >= 0.6 is 0 Å². The second-order valence-electron chi connectivity index (χ2n) is 5.52. The van der Waals surface area contributed by atoms with Gasteiger partial charge in [-0.2, -0.15) is 13.2 Å². The molecule has 0 aliphatic carbocycles. The van der Waals surface area contributed by atoms with Crippen LogP contribution in [-0.4, -0.2) is 4.92 Å². The fraction of sp³-hybridized carbons (Fsp3) is 0.0526. The number of nitrogens with one attached hydrogen (secondary N) is 1. The molecule has 0 fully saturated rings. The summed E-state index contributed by atoms with van der Waals surface area (Å²) in [5.74, 6) is 0. The van der Waals surface area contributed by atoms with E-state index in [-0.39, 0.29) is 5.56 Å². The van der Waals surface area contributed by atoms with Gasteiger partial charge in [0.25, 0.3) is 5.69 Å². The third-order valence-corrected chi connectivity index (χ3v) is 3.79. The lowest BCUT2D eigenvalue weighted by atomic mass is 9.99. The Bertz CT molecular complexity index is 941. The van der Waals surface area contributed by atoms with E-state index in [1.807, 2.05) is 30.3 Å². The lowest BCUT2D eigenvalue weighted by molar-refractivity contribution is -0.388. The number of nitro benzene ring substituents is 1. The van der Waals surface area contributed by atoms with Crippen molar-refractivity contribution >= 4 is 17.1 Å². The maximum atomic E-state index is 13.2. The molecule has 0 heterocycles. The van der Waals surface area contributed by atoms with Crippen molar-refractivity contribution in [3.63, 3.8) is 0 Å². The summed E-state index contributed by atoms with van der Waals surface area (Å²) in [5.41, 5.74) is -0.110. The van der Waals surface area contributed by atoms with E-state index in [1.54, 1.807) is 24.3 Å². The molecule has 0 bridgehead atoms. The first kappa shape index (κ1) is 17.5. The summed E-state index contributed by atoms with van der Waals surface area (Å²) in [6.07, 6.45) is -4.82. The summed E-state index contributed by atoms with van der Waals surface area (Å²) in [6, 6.07) is 19.0. The Morgan fingerprint density at radius 3 is 2.19 bits per heavy atom. The number of alkyl halides is 3. The molecule has 132 valence electrons. The average molecular weight is 358 g/mol. The highest BCUT2D eigenvalue weighted by molar-refractivity contribution is 5.82. The van der Waals surface area contributed by atoms with Crippen LogP contribution in [0, 0.1) is 10.1 Å². The van der Waals surface area contributed by atoms with Crippen LogP contribution in [0.2, 0.25) is 0 Å². The molecule has 0 aromatic heterocycles. The van der Waals surface area contributed by atoms with Crippen molar-refractivity contribution in [2.75, 3.05) is 5.32 Å². The summed E-state index contributed by atoms with van der Waals surface area (Å²) < 4.78 is 39.7. The Hall–Kier alpha value is -3.35. The van der Waals surface area contributed by atoms with Crippen LogP contribution in [0.5, 0.6) is 0 Å². The second-order valence-corrected chi connectivity index (χ2v) is 5.52. The third-order valence-electron chi connectivity index (χ3n) is 3.79. The Morgan fingerprint density at radius 1 is 0.885 bits per heavy atom. The molecule has 3 rings (SSSR count). The molecular formula is C19H13F3N2O2. The molecule has 0 saturated heterocycles. The van der Waals surface area contributed by atoms with Gasteiger partial charge in [0.2, 0.25) is 0 Å². The number of nitrogens with zero attached hydrogens (tertiary/aromatic N) is 1. The van der Waals surface area contributed by atoms with Crippen molar-refractivity contribution in [3.05, 3.63) is 88.5 Å². The summed E-state index contributed by atoms with van der Waals surface area (Å²) in [6.45, 7) is 0. The van der Waals surface area contributed by atoms with E-state index in [4.69, 9.17) is 0 Å². The van der Waals surface area contributed by atoms with E-state index in [0.717, 1.165) is 17.8 Å². The van der Waals surface area contributed by atoms with Crippen molar-refractivity contribution < 1.29 is 18.1 Å². The number of benzene rings is 3. The summed E-state index contributed by atoms with van der Waals surface area (Å²) >= 11 is 0. The zero-order valence-corrected chi connectivity index (χ0v) is 13.3. The van der Waals surface area contributed by atoms with E-state index in [1.165, 1.54) is 6.07 Å². The number of halogens is 3. The molecule has 0 aliphatic rings. The van der Waals surface area contributed by atoms with Crippen LogP contribution in [0.1, 0.15) is 5.56 Å². The van der Waals surface area contributed by atoms with E-state index in [0.29, 0.717) is 11.3 Å². The minimum Gasteiger partial charge on any atom is -0.355 e. The predicted octanol–water partition coefficient (Wildman–Crippen LogP) is 6.02. The molecule has 3 aromatic carbocycles. The first-order valence-corrected chi connectivity index (χ1v) is 7.63. The van der Waals surface area contributed by atoms with Gasteiger partial charge in [-0.05, 0) is 35.9 Å². The summed E-state index contributed by atoms with van der Waals surface area (Å²) in [7, 11) is 0. The first-order chi connectivity index (χ1) is 12.4. The van der Waals surface area contributed by atoms with Gasteiger partial charge in [-0.3, -0.25) is 10.1 Å². The van der Waals surface area contributed by atoms with E-state index in [9.17, 15) is 23.3 Å². The molecular weight excluding hydrogens is 345 g/mol. The number of nitro groups is 1. The van der Waals surface area contributed by atoms with Gasteiger partial charge in [0.1, 0.15) is 5.56 Å². The maximum absolute atomic E-state index is 13.2. The van der Waals surface area contributed by atoms with Crippen molar-refractivity contribution in [2.45, 2.75) is 6.18 Å². The quantitative estimate of drug-likeness (QED) is 0.458. The molecule has 7 heteroatoms. The van der Waals surface area contributed by atoms with Gasteiger partial charge in [0, 0.05) is 23.0 Å². The van der Waals surface area contributed by atoms with Crippen LogP contribution in [0.4, 0.5) is 30.2 Å². The standard InChI is InChI=1S/C19H13F3N2O2/c20-19(21,22)16-12-13(10-11-18(16)24(25)26)15-8-4-5-9-17(15)23-14-6-2-1-3-7-14/h1-12,23H. The fourth-order valence-electron chi connectivity index (χ4n) is 2.61. The summed E-state index contributed by atoms with van der Waals surface area (Å²) in [5, 5.41) is 14.1. The minimum absolute atomic E-state index is 0.238. The Morgan fingerprint density at radius 2 is 1.54 bits per heavy atom. The highest BCUT2D eigenvalue weighted by Gasteiger charge is 2.38. The van der Waals surface area contributed by atoms with Crippen molar-refractivity contribution in [1.29, 1.82) is 0 Å². The zero-order valence-electron chi connectivity index (χ0n) is 13.3. The largest absolute Gasteiger partial charge is 0.423 e.